The molecule has 0 saturated carbocycles. The van der Waals surface area contributed by atoms with E-state index in [-0.39, 0.29) is 0 Å². The van der Waals surface area contributed by atoms with Gasteiger partial charge in [-0.3, -0.25) is 0 Å². The van der Waals surface area contributed by atoms with Crippen LogP contribution in [0.3, 0.4) is 0 Å². The molecule has 0 aromatic carbocycles. The van der Waals surface area contributed by atoms with E-state index in [2.05, 4.69) is 22.2 Å². The van der Waals surface area contributed by atoms with Gasteiger partial charge in [0.05, 0.1) is 6.10 Å². The standard InChI is InChI=1S/C13H21N3OS2/c1-3-6-14-11-8-12(16-13(15-11)18-2)19-9-10-5-4-7-17-10/h8,10H,3-7,9H2,1-2H3,(H,14,15,16). The minimum absolute atomic E-state index is 0.393. The lowest BCUT2D eigenvalue weighted by molar-refractivity contribution is 0.129. The van der Waals surface area contributed by atoms with Crippen molar-refractivity contribution in [2.45, 2.75) is 42.5 Å². The molecular weight excluding hydrogens is 278 g/mol. The molecule has 2 rings (SSSR count). The largest absolute Gasteiger partial charge is 0.377 e. The number of aromatic nitrogens is 2. The number of anilines is 1. The van der Waals surface area contributed by atoms with Crippen LogP contribution in [-0.2, 0) is 4.74 Å². The fourth-order valence-electron chi connectivity index (χ4n) is 1.87. The summed E-state index contributed by atoms with van der Waals surface area (Å²) in [6.45, 7) is 4.01. The van der Waals surface area contributed by atoms with Gasteiger partial charge in [-0.05, 0) is 25.5 Å². The maximum absolute atomic E-state index is 5.64. The molecule has 1 aromatic heterocycles. The summed E-state index contributed by atoms with van der Waals surface area (Å²) in [7, 11) is 0. The molecule has 2 heterocycles. The molecule has 19 heavy (non-hydrogen) atoms. The van der Waals surface area contributed by atoms with Crippen LogP contribution in [-0.4, -0.2) is 41.2 Å². The molecule has 1 fully saturated rings. The molecule has 0 spiro atoms. The van der Waals surface area contributed by atoms with Gasteiger partial charge in [-0.2, -0.15) is 0 Å². The molecule has 0 bridgehead atoms. The third kappa shape index (κ3) is 4.85. The average molecular weight is 299 g/mol. The fourth-order valence-corrected chi connectivity index (χ4v) is 3.27. The van der Waals surface area contributed by atoms with Gasteiger partial charge in [-0.25, -0.2) is 9.97 Å². The highest BCUT2D eigenvalue weighted by atomic mass is 32.2. The highest BCUT2D eigenvalue weighted by Gasteiger charge is 2.16. The lowest BCUT2D eigenvalue weighted by Gasteiger charge is -2.10. The number of thioether (sulfide) groups is 2. The van der Waals surface area contributed by atoms with Crippen LogP contribution in [0.25, 0.3) is 0 Å². The van der Waals surface area contributed by atoms with Crippen LogP contribution < -0.4 is 5.32 Å². The Morgan fingerprint density at radius 3 is 3.05 bits per heavy atom. The Labute approximate surface area is 123 Å². The summed E-state index contributed by atoms with van der Waals surface area (Å²) in [5, 5.41) is 5.19. The summed E-state index contributed by atoms with van der Waals surface area (Å²) in [5.41, 5.74) is 0. The average Bonchev–Trinajstić information content (AvgIpc) is 2.96. The van der Waals surface area contributed by atoms with Crippen molar-refractivity contribution in [1.29, 1.82) is 0 Å². The molecule has 0 radical (unpaired) electrons. The van der Waals surface area contributed by atoms with Crippen molar-refractivity contribution in [3.05, 3.63) is 6.07 Å². The molecule has 1 aliphatic rings. The van der Waals surface area contributed by atoms with Gasteiger partial charge >= 0.3 is 0 Å². The Balaban J connectivity index is 1.96. The summed E-state index contributed by atoms with van der Waals surface area (Å²) in [5.74, 6) is 1.91. The van der Waals surface area contributed by atoms with Crippen molar-refractivity contribution in [2.24, 2.45) is 0 Å². The van der Waals surface area contributed by atoms with Crippen molar-refractivity contribution in [2.75, 3.05) is 30.5 Å². The summed E-state index contributed by atoms with van der Waals surface area (Å²) in [6, 6.07) is 2.04. The van der Waals surface area contributed by atoms with Gasteiger partial charge in [-0.1, -0.05) is 18.7 Å². The van der Waals surface area contributed by atoms with E-state index in [9.17, 15) is 0 Å². The lowest BCUT2D eigenvalue weighted by Crippen LogP contribution is -2.08. The predicted octanol–water partition coefficient (Wildman–Crippen LogP) is 3.29. The third-order valence-corrected chi connectivity index (χ3v) is 4.45. The number of rotatable bonds is 7. The first-order chi connectivity index (χ1) is 9.31. The van der Waals surface area contributed by atoms with Crippen LogP contribution in [0.2, 0.25) is 0 Å². The Bertz CT molecular complexity index is 397. The molecular formula is C13H21N3OS2. The summed E-state index contributed by atoms with van der Waals surface area (Å²) in [6.07, 6.45) is 5.86. The second-order valence-electron chi connectivity index (χ2n) is 4.45. The van der Waals surface area contributed by atoms with Crippen LogP contribution in [0.1, 0.15) is 26.2 Å². The van der Waals surface area contributed by atoms with Gasteiger partial charge in [0.15, 0.2) is 5.16 Å². The van der Waals surface area contributed by atoms with Crippen molar-refractivity contribution >= 4 is 29.3 Å². The summed E-state index contributed by atoms with van der Waals surface area (Å²) >= 11 is 3.35. The lowest BCUT2D eigenvalue weighted by atomic mass is 10.3. The zero-order chi connectivity index (χ0) is 13.5. The maximum atomic E-state index is 5.64. The molecule has 106 valence electrons. The monoisotopic (exact) mass is 299 g/mol. The molecule has 4 nitrogen and oxygen atoms in total. The highest BCUT2D eigenvalue weighted by Crippen LogP contribution is 2.25. The van der Waals surface area contributed by atoms with Crippen molar-refractivity contribution in [1.82, 2.24) is 9.97 Å². The molecule has 1 unspecified atom stereocenters. The number of hydrogen-bond acceptors (Lipinski definition) is 6. The number of nitrogens with zero attached hydrogens (tertiary/aromatic N) is 2. The number of nitrogens with one attached hydrogen (secondary N) is 1. The van der Waals surface area contributed by atoms with E-state index in [1.165, 1.54) is 12.8 Å². The second kappa shape index (κ2) is 7.97. The van der Waals surface area contributed by atoms with E-state index in [1.54, 1.807) is 23.5 Å². The van der Waals surface area contributed by atoms with Gasteiger partial charge in [0.2, 0.25) is 0 Å². The quantitative estimate of drug-likeness (QED) is 0.473. The SMILES string of the molecule is CCCNc1cc(SCC2CCCO2)nc(SC)n1. The van der Waals surface area contributed by atoms with Crippen LogP contribution in [0.5, 0.6) is 0 Å². The molecule has 6 heteroatoms. The smallest absolute Gasteiger partial charge is 0.190 e. The first-order valence-electron chi connectivity index (χ1n) is 6.73. The maximum Gasteiger partial charge on any atom is 0.190 e. The van der Waals surface area contributed by atoms with Crippen LogP contribution in [0.15, 0.2) is 16.2 Å². The zero-order valence-electron chi connectivity index (χ0n) is 11.5. The van der Waals surface area contributed by atoms with E-state index < -0.39 is 0 Å². The predicted molar refractivity (Wildman–Crippen MR) is 82.3 cm³/mol. The van der Waals surface area contributed by atoms with Gasteiger partial charge in [0, 0.05) is 25.0 Å². The molecule has 1 saturated heterocycles. The van der Waals surface area contributed by atoms with E-state index >= 15 is 0 Å². The summed E-state index contributed by atoms with van der Waals surface area (Å²) < 4.78 is 5.64. The van der Waals surface area contributed by atoms with Crippen molar-refractivity contribution in [3.63, 3.8) is 0 Å². The van der Waals surface area contributed by atoms with E-state index in [4.69, 9.17) is 4.74 Å². The third-order valence-electron chi connectivity index (χ3n) is 2.86. The molecule has 1 N–H and O–H groups in total. The fraction of sp³-hybridized carbons (Fsp3) is 0.692. The van der Waals surface area contributed by atoms with Gasteiger partial charge in [0.1, 0.15) is 10.8 Å². The molecule has 1 aliphatic heterocycles. The molecule has 1 aromatic rings. The highest BCUT2D eigenvalue weighted by molar-refractivity contribution is 7.99. The Hall–Kier alpha value is -0.460. The topological polar surface area (TPSA) is 47.0 Å². The van der Waals surface area contributed by atoms with E-state index in [0.717, 1.165) is 41.3 Å². The first kappa shape index (κ1) is 14.9. The Kier molecular flexibility index (Phi) is 6.26. The van der Waals surface area contributed by atoms with Crippen molar-refractivity contribution in [3.8, 4) is 0 Å². The van der Waals surface area contributed by atoms with Crippen LogP contribution >= 0.6 is 23.5 Å². The van der Waals surface area contributed by atoms with Crippen LogP contribution in [0.4, 0.5) is 5.82 Å². The van der Waals surface area contributed by atoms with Gasteiger partial charge in [0.25, 0.3) is 0 Å². The van der Waals surface area contributed by atoms with E-state index in [1.807, 2.05) is 12.3 Å². The normalized spacial score (nSPS) is 18.7. The van der Waals surface area contributed by atoms with Crippen LogP contribution in [0, 0.1) is 0 Å². The number of ether oxygens (including phenoxy) is 1. The van der Waals surface area contributed by atoms with Gasteiger partial charge < -0.3 is 10.1 Å². The number of hydrogen-bond donors (Lipinski definition) is 1. The first-order valence-corrected chi connectivity index (χ1v) is 8.94. The molecule has 0 amide bonds. The van der Waals surface area contributed by atoms with E-state index in [0.29, 0.717) is 6.10 Å². The minimum Gasteiger partial charge on any atom is -0.377 e. The minimum atomic E-state index is 0.393. The Morgan fingerprint density at radius 2 is 2.37 bits per heavy atom. The molecule has 1 atom stereocenters. The molecule has 0 aliphatic carbocycles. The second-order valence-corrected chi connectivity index (χ2v) is 6.26. The summed E-state index contributed by atoms with van der Waals surface area (Å²) in [4.78, 5) is 9.01. The Morgan fingerprint density at radius 1 is 1.47 bits per heavy atom. The van der Waals surface area contributed by atoms with Crippen molar-refractivity contribution < 1.29 is 4.74 Å². The van der Waals surface area contributed by atoms with Gasteiger partial charge in [-0.15, -0.1) is 11.8 Å². The zero-order valence-corrected chi connectivity index (χ0v) is 13.1.